The summed E-state index contributed by atoms with van der Waals surface area (Å²) >= 11 is 0. The fraction of sp³-hybridized carbons (Fsp3) is 0.419. The number of hydrogen-bond acceptors (Lipinski definition) is 10. The fourth-order valence-corrected chi connectivity index (χ4v) is 7.72. The fourth-order valence-electron chi connectivity index (χ4n) is 5.77. The van der Waals surface area contributed by atoms with Crippen molar-refractivity contribution in [1.82, 2.24) is 29.6 Å². The summed E-state index contributed by atoms with van der Waals surface area (Å²) in [5.41, 5.74) is 6.03. The van der Waals surface area contributed by atoms with E-state index in [0.717, 1.165) is 38.9 Å². The van der Waals surface area contributed by atoms with E-state index in [1.807, 2.05) is 62.7 Å². The van der Waals surface area contributed by atoms with Crippen LogP contribution in [-0.2, 0) is 27.9 Å². The minimum absolute atomic E-state index is 0.0328. The van der Waals surface area contributed by atoms with Gasteiger partial charge in [-0.15, -0.1) is 15.9 Å². The molecule has 1 aliphatic heterocycles. The molecule has 0 aliphatic carbocycles. The standard InChI is InChI=1S/C31H41N7O6S2/c1-5-24-19-37(46(42,43)28-8-7-13-34-31(28)44-24)18-23-16-22(10-9-20(23)3)26(17-29(39)33-14-15-45(32,40)41)25-11-12-27-30(21(25)4)35-36-38(27)6-2/h7-13,16,24,26,42-43H,5-6,14-15,17-19H2,1-4H3,(H,33,39)(H2,32,40,41)/t24-,26+/m1/s1. The summed E-state index contributed by atoms with van der Waals surface area (Å²) in [5.74, 6) is -0.902. The lowest BCUT2D eigenvalue weighted by Gasteiger charge is -2.41. The average Bonchev–Trinajstić information content (AvgIpc) is 3.40. The van der Waals surface area contributed by atoms with Crippen LogP contribution in [-0.4, -0.2) is 72.7 Å². The Morgan fingerprint density at radius 1 is 1.20 bits per heavy atom. The molecule has 5 N–H and O–H groups in total. The highest BCUT2D eigenvalue weighted by Gasteiger charge is 2.36. The number of nitrogens with one attached hydrogen (secondary N) is 1. The van der Waals surface area contributed by atoms with Gasteiger partial charge in [-0.2, -0.15) is 4.31 Å². The zero-order chi connectivity index (χ0) is 33.2. The Bertz CT molecular complexity index is 1850. The van der Waals surface area contributed by atoms with Gasteiger partial charge in [0.25, 0.3) is 0 Å². The number of primary sulfonamides is 1. The summed E-state index contributed by atoms with van der Waals surface area (Å²) in [6.45, 7) is 8.93. The second kappa shape index (κ2) is 13.6. The van der Waals surface area contributed by atoms with Crippen LogP contribution in [0.2, 0.25) is 0 Å². The van der Waals surface area contributed by atoms with Gasteiger partial charge in [0.1, 0.15) is 16.5 Å². The maximum absolute atomic E-state index is 13.2. The molecule has 1 amide bonds. The number of pyridine rings is 1. The molecular formula is C31H41N7O6S2. The molecule has 46 heavy (non-hydrogen) atoms. The molecule has 0 spiro atoms. The van der Waals surface area contributed by atoms with Gasteiger partial charge >= 0.3 is 0 Å². The van der Waals surface area contributed by atoms with Crippen LogP contribution >= 0.6 is 10.8 Å². The number of hydrogen-bond donors (Lipinski definition) is 4. The Labute approximate surface area is 270 Å². The second-order valence-corrected chi connectivity index (χ2v) is 15.2. The maximum Gasteiger partial charge on any atom is 0.239 e. The Morgan fingerprint density at radius 2 is 1.98 bits per heavy atom. The number of carbonyl (C=O) groups excluding carboxylic acids is 1. The van der Waals surface area contributed by atoms with Crippen LogP contribution in [0.1, 0.15) is 60.4 Å². The highest BCUT2D eigenvalue weighted by atomic mass is 32.3. The molecule has 1 aliphatic rings. The number of benzene rings is 2. The summed E-state index contributed by atoms with van der Waals surface area (Å²) in [5, 5.41) is 16.5. The number of carbonyl (C=O) groups is 1. The number of fused-ring (bicyclic) bond motifs is 2. The summed E-state index contributed by atoms with van der Waals surface area (Å²) in [6, 6.07) is 13.1. The number of nitrogens with zero attached hydrogens (tertiary/aromatic N) is 5. The topological polar surface area (TPSA) is 186 Å². The predicted molar refractivity (Wildman–Crippen MR) is 177 cm³/mol. The van der Waals surface area contributed by atoms with Crippen molar-refractivity contribution in [2.75, 3.05) is 18.8 Å². The van der Waals surface area contributed by atoms with Gasteiger partial charge in [-0.25, -0.2) is 23.2 Å². The Kier molecular flexibility index (Phi) is 10.0. The maximum atomic E-state index is 13.2. The van der Waals surface area contributed by atoms with Crippen LogP contribution in [0.5, 0.6) is 5.88 Å². The number of aryl methyl sites for hydroxylation is 3. The molecule has 0 bridgehead atoms. The normalized spacial score (nSPS) is 17.9. The summed E-state index contributed by atoms with van der Waals surface area (Å²) < 4.78 is 55.5. The molecule has 3 heterocycles. The van der Waals surface area contributed by atoms with Crippen molar-refractivity contribution in [3.8, 4) is 5.88 Å². The molecule has 13 nitrogen and oxygen atoms in total. The molecule has 0 fully saturated rings. The van der Waals surface area contributed by atoms with E-state index in [9.17, 15) is 22.3 Å². The van der Waals surface area contributed by atoms with Gasteiger partial charge in [0.05, 0.1) is 17.8 Å². The van der Waals surface area contributed by atoms with E-state index < -0.39 is 26.7 Å². The van der Waals surface area contributed by atoms with Crippen molar-refractivity contribution in [3.05, 3.63) is 76.5 Å². The molecule has 4 aromatic rings. The minimum Gasteiger partial charge on any atom is -0.472 e. The van der Waals surface area contributed by atoms with Gasteiger partial charge in [-0.1, -0.05) is 36.4 Å². The van der Waals surface area contributed by atoms with E-state index in [2.05, 4.69) is 20.6 Å². The zero-order valence-corrected chi connectivity index (χ0v) is 28.0. The van der Waals surface area contributed by atoms with Crippen LogP contribution in [0, 0.1) is 13.8 Å². The van der Waals surface area contributed by atoms with E-state index in [0.29, 0.717) is 13.0 Å². The van der Waals surface area contributed by atoms with E-state index in [1.54, 1.807) is 22.6 Å². The van der Waals surface area contributed by atoms with Crippen molar-refractivity contribution in [2.45, 2.75) is 70.5 Å². The van der Waals surface area contributed by atoms with Crippen LogP contribution in [0.25, 0.3) is 11.0 Å². The van der Waals surface area contributed by atoms with Gasteiger partial charge < -0.3 is 10.1 Å². The van der Waals surface area contributed by atoms with E-state index in [1.165, 1.54) is 0 Å². The third-order valence-electron chi connectivity index (χ3n) is 8.41. The number of nitrogens with two attached hydrogens (primary N) is 1. The van der Waals surface area contributed by atoms with Gasteiger partial charge in [0.2, 0.25) is 21.8 Å². The van der Waals surface area contributed by atoms with Crippen molar-refractivity contribution in [1.29, 1.82) is 0 Å². The van der Waals surface area contributed by atoms with Gasteiger partial charge in [-0.05, 0) is 73.2 Å². The number of ether oxygens (including phenoxy) is 1. The molecule has 5 rings (SSSR count). The second-order valence-electron chi connectivity index (χ2n) is 11.5. The summed E-state index contributed by atoms with van der Waals surface area (Å²) in [4.78, 5) is 17.7. The molecule has 0 saturated carbocycles. The highest BCUT2D eigenvalue weighted by molar-refractivity contribution is 8.22. The van der Waals surface area contributed by atoms with Crippen LogP contribution in [0.15, 0.2) is 53.6 Å². The van der Waals surface area contributed by atoms with Crippen molar-refractivity contribution in [2.24, 2.45) is 5.14 Å². The van der Waals surface area contributed by atoms with Gasteiger partial charge in [-0.3, -0.25) is 13.9 Å². The van der Waals surface area contributed by atoms with Crippen LogP contribution in [0.3, 0.4) is 0 Å². The van der Waals surface area contributed by atoms with Crippen LogP contribution < -0.4 is 15.2 Å². The smallest absolute Gasteiger partial charge is 0.239 e. The van der Waals surface area contributed by atoms with E-state index >= 15 is 0 Å². The number of rotatable bonds is 11. The molecule has 15 heteroatoms. The highest BCUT2D eigenvalue weighted by Crippen LogP contribution is 2.57. The molecule has 248 valence electrons. The molecule has 0 saturated heterocycles. The lowest BCUT2D eigenvalue weighted by molar-refractivity contribution is -0.121. The van der Waals surface area contributed by atoms with E-state index in [4.69, 9.17) is 9.88 Å². The summed E-state index contributed by atoms with van der Waals surface area (Å²) in [7, 11) is -7.16. The Morgan fingerprint density at radius 3 is 2.70 bits per heavy atom. The number of sulfonamides is 1. The number of amides is 1. The van der Waals surface area contributed by atoms with Gasteiger partial charge in [0.15, 0.2) is 0 Å². The number of aromatic nitrogens is 4. The molecular weight excluding hydrogens is 631 g/mol. The van der Waals surface area contributed by atoms with Crippen molar-refractivity contribution in [3.63, 3.8) is 0 Å². The first kappa shape index (κ1) is 33.8. The third-order valence-corrected chi connectivity index (χ3v) is 11.1. The molecule has 0 radical (unpaired) electrons. The molecule has 2 atom stereocenters. The minimum atomic E-state index is -3.73. The molecule has 2 aromatic carbocycles. The van der Waals surface area contributed by atoms with Crippen molar-refractivity contribution >= 4 is 37.7 Å². The predicted octanol–water partition coefficient (Wildman–Crippen LogP) is 4.09. The molecule has 0 unspecified atom stereocenters. The largest absolute Gasteiger partial charge is 0.472 e. The lowest BCUT2D eigenvalue weighted by Crippen LogP contribution is -2.34. The summed E-state index contributed by atoms with van der Waals surface area (Å²) in [6.07, 6.45) is 1.95. The lowest BCUT2D eigenvalue weighted by atomic mass is 9.84. The van der Waals surface area contributed by atoms with Crippen molar-refractivity contribution < 1.29 is 27.1 Å². The average molecular weight is 672 g/mol. The Balaban J connectivity index is 1.53. The first-order valence-electron chi connectivity index (χ1n) is 15.2. The zero-order valence-electron chi connectivity index (χ0n) is 26.4. The van der Waals surface area contributed by atoms with Crippen LogP contribution in [0.4, 0.5) is 0 Å². The first-order chi connectivity index (χ1) is 21.8. The van der Waals surface area contributed by atoms with Gasteiger partial charge in [0, 0.05) is 38.2 Å². The van der Waals surface area contributed by atoms with E-state index in [-0.39, 0.29) is 54.6 Å². The quantitative estimate of drug-likeness (QED) is 0.181. The third kappa shape index (κ3) is 7.19. The molecule has 2 aromatic heterocycles. The SMILES string of the molecule is CC[C@@H]1CN(Cc2cc([C@H](CC(=O)NCCS(N)(=O)=O)c3ccc4c(nnn4CC)c3C)ccc2C)S(O)(O)c2cccnc2O1. The monoisotopic (exact) mass is 671 g/mol. The first-order valence-corrected chi connectivity index (χ1v) is 18.4. The Hall–Kier alpha value is -3.60.